The van der Waals surface area contributed by atoms with Crippen molar-refractivity contribution in [1.82, 2.24) is 14.4 Å². The molecule has 0 atom stereocenters. The number of aromatic nitrogens is 3. The smallest absolute Gasteiger partial charge is 0.196 e. The number of aldehydes is 1. The van der Waals surface area contributed by atoms with Crippen LogP contribution in [0.1, 0.15) is 37.8 Å². The molecule has 25 heavy (non-hydrogen) atoms. The van der Waals surface area contributed by atoms with Crippen molar-refractivity contribution in [1.29, 1.82) is 0 Å². The molecular weight excluding hydrogens is 339 g/mol. The number of carbonyl (C=O) groups excluding carboxylic acids is 1. The van der Waals surface area contributed by atoms with E-state index in [0.717, 1.165) is 35.6 Å². The van der Waals surface area contributed by atoms with Crippen molar-refractivity contribution in [2.45, 2.75) is 44.6 Å². The average Bonchev–Trinajstić information content (AvgIpc) is 3.18. The summed E-state index contributed by atoms with van der Waals surface area (Å²) in [6.45, 7) is 0. The molecule has 0 unspecified atom stereocenters. The lowest BCUT2D eigenvalue weighted by Crippen LogP contribution is -2.23. The molecule has 7 heteroatoms. The Hall–Kier alpha value is -2.28. The fourth-order valence-electron chi connectivity index (χ4n) is 3.47. The Morgan fingerprint density at radius 1 is 1.36 bits per heavy atom. The summed E-state index contributed by atoms with van der Waals surface area (Å²) in [5, 5.41) is 5.53. The summed E-state index contributed by atoms with van der Waals surface area (Å²) in [7, 11) is 0. The van der Waals surface area contributed by atoms with E-state index in [0.29, 0.717) is 23.7 Å². The van der Waals surface area contributed by atoms with E-state index in [2.05, 4.69) is 15.3 Å². The summed E-state index contributed by atoms with van der Waals surface area (Å²) in [5.41, 5.74) is 1.90. The van der Waals surface area contributed by atoms with E-state index in [9.17, 15) is 9.18 Å². The van der Waals surface area contributed by atoms with E-state index in [1.165, 1.54) is 36.8 Å². The van der Waals surface area contributed by atoms with E-state index in [1.54, 1.807) is 12.3 Å². The van der Waals surface area contributed by atoms with Crippen molar-refractivity contribution < 1.29 is 9.18 Å². The summed E-state index contributed by atoms with van der Waals surface area (Å²) in [4.78, 5) is 20.3. The molecule has 0 spiro atoms. The fraction of sp³-hybridized carbons (Fsp3) is 0.389. The molecule has 1 aliphatic carbocycles. The highest BCUT2D eigenvalue weighted by Gasteiger charge is 2.23. The third kappa shape index (κ3) is 3.04. The number of imidazole rings is 1. The number of hydrogen-bond donors (Lipinski definition) is 1. The van der Waals surface area contributed by atoms with Gasteiger partial charge in [0.2, 0.25) is 0 Å². The van der Waals surface area contributed by atoms with E-state index in [4.69, 9.17) is 0 Å². The summed E-state index contributed by atoms with van der Waals surface area (Å²) >= 11 is 1.47. The van der Waals surface area contributed by atoms with Gasteiger partial charge in [0.05, 0.1) is 6.20 Å². The SMILES string of the molecule is O=CCc1csc2nc(-c3ccncc3F)c(NC3CCCCC3)n12. The number of rotatable bonds is 5. The number of fused-ring (bicyclic) bond motifs is 1. The van der Waals surface area contributed by atoms with Gasteiger partial charge in [-0.3, -0.25) is 9.38 Å². The molecule has 1 N–H and O–H groups in total. The van der Waals surface area contributed by atoms with Crippen LogP contribution in [0, 0.1) is 5.82 Å². The Morgan fingerprint density at radius 2 is 2.20 bits per heavy atom. The molecule has 3 aromatic heterocycles. The highest BCUT2D eigenvalue weighted by atomic mass is 32.1. The molecule has 0 amide bonds. The van der Waals surface area contributed by atoms with Crippen LogP contribution < -0.4 is 5.32 Å². The maximum atomic E-state index is 14.3. The first kappa shape index (κ1) is 16.2. The minimum Gasteiger partial charge on any atom is -0.367 e. The van der Waals surface area contributed by atoms with Gasteiger partial charge in [-0.05, 0) is 18.9 Å². The number of pyridine rings is 1. The lowest BCUT2D eigenvalue weighted by atomic mass is 9.95. The van der Waals surface area contributed by atoms with Gasteiger partial charge in [0.25, 0.3) is 0 Å². The fourth-order valence-corrected chi connectivity index (χ4v) is 4.37. The number of nitrogens with one attached hydrogen (secondary N) is 1. The molecule has 1 saturated carbocycles. The summed E-state index contributed by atoms with van der Waals surface area (Å²) in [6.07, 6.45) is 9.83. The van der Waals surface area contributed by atoms with Gasteiger partial charge in [-0.2, -0.15) is 0 Å². The zero-order chi connectivity index (χ0) is 17.2. The van der Waals surface area contributed by atoms with E-state index in [1.807, 2.05) is 9.78 Å². The first-order valence-electron chi connectivity index (χ1n) is 8.57. The van der Waals surface area contributed by atoms with Gasteiger partial charge in [0.15, 0.2) is 10.8 Å². The lowest BCUT2D eigenvalue weighted by molar-refractivity contribution is -0.107. The van der Waals surface area contributed by atoms with Crippen molar-refractivity contribution in [3.63, 3.8) is 0 Å². The van der Waals surface area contributed by atoms with E-state index >= 15 is 0 Å². The van der Waals surface area contributed by atoms with Crippen LogP contribution in [0.15, 0.2) is 23.8 Å². The largest absolute Gasteiger partial charge is 0.367 e. The average molecular weight is 358 g/mol. The normalized spacial score (nSPS) is 15.6. The van der Waals surface area contributed by atoms with Crippen LogP contribution in [0.4, 0.5) is 10.2 Å². The van der Waals surface area contributed by atoms with Gasteiger partial charge in [-0.1, -0.05) is 19.3 Å². The predicted molar refractivity (Wildman–Crippen MR) is 96.5 cm³/mol. The Labute approximate surface area is 148 Å². The molecule has 130 valence electrons. The Bertz CT molecular complexity index is 898. The molecule has 1 fully saturated rings. The van der Waals surface area contributed by atoms with Crippen LogP contribution in [0.2, 0.25) is 0 Å². The molecule has 5 nitrogen and oxygen atoms in total. The topological polar surface area (TPSA) is 59.3 Å². The number of nitrogens with zero attached hydrogens (tertiary/aromatic N) is 3. The van der Waals surface area contributed by atoms with Crippen molar-refractivity contribution in [3.05, 3.63) is 35.4 Å². The van der Waals surface area contributed by atoms with Gasteiger partial charge in [-0.25, -0.2) is 9.37 Å². The van der Waals surface area contributed by atoms with Gasteiger partial charge >= 0.3 is 0 Å². The lowest BCUT2D eigenvalue weighted by Gasteiger charge is -2.24. The number of thiazole rings is 1. The molecule has 0 bridgehead atoms. The Kier molecular flexibility index (Phi) is 4.48. The van der Waals surface area contributed by atoms with Gasteiger partial charge in [0, 0.05) is 35.3 Å². The van der Waals surface area contributed by atoms with Crippen LogP contribution in [0.3, 0.4) is 0 Å². The molecule has 1 aliphatic rings. The molecule has 3 aromatic rings. The summed E-state index contributed by atoms with van der Waals surface area (Å²) < 4.78 is 16.3. The summed E-state index contributed by atoms with van der Waals surface area (Å²) in [5.74, 6) is 0.391. The number of halogens is 1. The second kappa shape index (κ2) is 6.92. The van der Waals surface area contributed by atoms with Gasteiger partial charge < -0.3 is 10.1 Å². The minimum atomic E-state index is -0.392. The van der Waals surface area contributed by atoms with Crippen LogP contribution in [-0.2, 0) is 11.2 Å². The molecule has 0 aliphatic heterocycles. The van der Waals surface area contributed by atoms with Crippen LogP contribution in [-0.4, -0.2) is 26.7 Å². The monoisotopic (exact) mass is 358 g/mol. The minimum absolute atomic E-state index is 0.313. The molecule has 0 saturated heterocycles. The van der Waals surface area contributed by atoms with Crippen molar-refractivity contribution in [2.24, 2.45) is 0 Å². The highest BCUT2D eigenvalue weighted by molar-refractivity contribution is 7.15. The molecule has 0 radical (unpaired) electrons. The highest BCUT2D eigenvalue weighted by Crippen LogP contribution is 2.35. The van der Waals surface area contributed by atoms with E-state index < -0.39 is 5.82 Å². The number of anilines is 1. The molecular formula is C18H19FN4OS. The third-order valence-corrected chi connectivity index (χ3v) is 5.57. The zero-order valence-electron chi connectivity index (χ0n) is 13.7. The zero-order valence-corrected chi connectivity index (χ0v) is 14.6. The number of carbonyl (C=O) groups is 1. The molecule has 3 heterocycles. The van der Waals surface area contributed by atoms with Crippen molar-refractivity contribution in [2.75, 3.05) is 5.32 Å². The van der Waals surface area contributed by atoms with E-state index in [-0.39, 0.29) is 0 Å². The standard InChI is InChI=1S/C18H19FN4OS/c19-15-10-20-8-6-14(15)16-17(21-12-4-2-1-3-5-12)23-13(7-9-24)11-25-18(23)22-16/h6,8-12,21H,1-5,7H2. The second-order valence-corrected chi connectivity index (χ2v) is 7.20. The summed E-state index contributed by atoms with van der Waals surface area (Å²) in [6, 6.07) is 1.99. The van der Waals surface area contributed by atoms with Gasteiger partial charge in [-0.15, -0.1) is 11.3 Å². The van der Waals surface area contributed by atoms with Gasteiger partial charge in [0.1, 0.15) is 17.8 Å². The van der Waals surface area contributed by atoms with Crippen molar-refractivity contribution in [3.8, 4) is 11.3 Å². The molecule has 4 rings (SSSR count). The van der Waals surface area contributed by atoms with Crippen molar-refractivity contribution >= 4 is 28.4 Å². The first-order chi connectivity index (χ1) is 12.3. The van der Waals surface area contributed by atoms with Crippen LogP contribution in [0.5, 0.6) is 0 Å². The Morgan fingerprint density at radius 3 is 2.96 bits per heavy atom. The molecule has 0 aromatic carbocycles. The quantitative estimate of drug-likeness (QED) is 0.698. The number of hydrogen-bond acceptors (Lipinski definition) is 5. The third-order valence-electron chi connectivity index (χ3n) is 4.70. The maximum absolute atomic E-state index is 14.3. The van der Waals surface area contributed by atoms with Crippen LogP contribution >= 0.6 is 11.3 Å². The first-order valence-corrected chi connectivity index (χ1v) is 9.44. The predicted octanol–water partition coefficient (Wildman–Crippen LogP) is 4.08. The second-order valence-electron chi connectivity index (χ2n) is 6.36. The Balaban J connectivity index is 1.85. The maximum Gasteiger partial charge on any atom is 0.196 e. The van der Waals surface area contributed by atoms with Crippen LogP contribution in [0.25, 0.3) is 16.2 Å².